The van der Waals surface area contributed by atoms with E-state index < -0.39 is 36.4 Å². The molecule has 1 N–H and O–H groups in total. The van der Waals surface area contributed by atoms with Gasteiger partial charge in [0.15, 0.2) is 6.61 Å². The molecule has 162 valence electrons. The summed E-state index contributed by atoms with van der Waals surface area (Å²) in [5, 5.41) is 2.48. The Labute approximate surface area is 187 Å². The molecule has 1 aliphatic rings. The number of benzene rings is 3. The van der Waals surface area contributed by atoms with Gasteiger partial charge in [0.25, 0.3) is 5.91 Å². The molecule has 0 aliphatic carbocycles. The lowest BCUT2D eigenvalue weighted by Crippen LogP contribution is -2.23. The van der Waals surface area contributed by atoms with Crippen molar-refractivity contribution in [2.24, 2.45) is 0 Å². The van der Waals surface area contributed by atoms with E-state index in [1.54, 1.807) is 6.07 Å². The molecule has 3 aromatic carbocycles. The summed E-state index contributed by atoms with van der Waals surface area (Å²) in [6, 6.07) is 17.4. The van der Waals surface area contributed by atoms with Crippen LogP contribution in [0.15, 0.2) is 66.7 Å². The maximum atomic E-state index is 13.1. The smallest absolute Gasteiger partial charge is 0.339 e. The van der Waals surface area contributed by atoms with Gasteiger partial charge in [0.2, 0.25) is 0 Å². The quantitative estimate of drug-likeness (QED) is 0.565. The van der Waals surface area contributed by atoms with Crippen LogP contribution in [0.2, 0.25) is 5.02 Å². The number of esters is 2. The van der Waals surface area contributed by atoms with Crippen molar-refractivity contribution in [3.05, 3.63) is 99.8 Å². The van der Waals surface area contributed by atoms with Crippen molar-refractivity contribution in [2.45, 2.75) is 12.5 Å². The predicted molar refractivity (Wildman–Crippen MR) is 115 cm³/mol. The van der Waals surface area contributed by atoms with Crippen molar-refractivity contribution in [1.82, 2.24) is 0 Å². The third kappa shape index (κ3) is 4.78. The van der Waals surface area contributed by atoms with E-state index in [4.69, 9.17) is 21.1 Å². The van der Waals surface area contributed by atoms with Crippen molar-refractivity contribution >= 4 is 35.1 Å². The Morgan fingerprint density at radius 2 is 1.88 bits per heavy atom. The van der Waals surface area contributed by atoms with Crippen LogP contribution in [-0.4, -0.2) is 24.5 Å². The first-order chi connectivity index (χ1) is 15.4. The Kier molecular flexibility index (Phi) is 6.18. The summed E-state index contributed by atoms with van der Waals surface area (Å²) in [6.07, 6.45) is -0.0378. The number of anilines is 1. The minimum Gasteiger partial charge on any atom is -0.454 e. The molecular weight excluding hydrogens is 437 g/mol. The summed E-state index contributed by atoms with van der Waals surface area (Å²) in [5.41, 5.74) is 2.31. The Bertz CT molecular complexity index is 1200. The Morgan fingerprint density at radius 1 is 1.09 bits per heavy atom. The molecule has 3 aromatic rings. The van der Waals surface area contributed by atoms with Gasteiger partial charge in [-0.2, -0.15) is 0 Å². The lowest BCUT2D eigenvalue weighted by atomic mass is 9.93. The molecule has 0 saturated heterocycles. The van der Waals surface area contributed by atoms with Crippen LogP contribution in [0, 0.1) is 5.82 Å². The maximum Gasteiger partial charge on any atom is 0.339 e. The van der Waals surface area contributed by atoms with Crippen molar-refractivity contribution in [1.29, 1.82) is 0 Å². The van der Waals surface area contributed by atoms with Gasteiger partial charge in [0.1, 0.15) is 11.9 Å². The van der Waals surface area contributed by atoms with E-state index in [1.165, 1.54) is 18.2 Å². The number of amides is 1. The third-order valence-corrected chi connectivity index (χ3v) is 5.24. The molecule has 1 aliphatic heterocycles. The fourth-order valence-electron chi connectivity index (χ4n) is 3.37. The van der Waals surface area contributed by atoms with E-state index in [-0.39, 0.29) is 16.3 Å². The summed E-state index contributed by atoms with van der Waals surface area (Å²) >= 11 is 5.87. The second kappa shape index (κ2) is 9.20. The molecule has 8 heteroatoms. The predicted octanol–water partition coefficient (Wildman–Crippen LogP) is 4.73. The van der Waals surface area contributed by atoms with Crippen LogP contribution in [0.5, 0.6) is 0 Å². The highest BCUT2D eigenvalue weighted by Crippen LogP contribution is 2.31. The molecule has 0 fully saturated rings. The zero-order chi connectivity index (χ0) is 22.7. The summed E-state index contributed by atoms with van der Waals surface area (Å²) in [7, 11) is 0. The molecule has 6 nitrogen and oxygen atoms in total. The highest BCUT2D eigenvalue weighted by Gasteiger charge is 2.28. The normalized spacial score (nSPS) is 14.8. The average molecular weight is 454 g/mol. The van der Waals surface area contributed by atoms with E-state index in [0.717, 1.165) is 17.7 Å². The minimum atomic E-state index is -0.719. The lowest BCUT2D eigenvalue weighted by molar-refractivity contribution is -0.119. The number of halogens is 2. The molecule has 0 saturated carbocycles. The molecule has 0 radical (unpaired) electrons. The second-order valence-corrected chi connectivity index (χ2v) is 7.54. The average Bonchev–Trinajstić information content (AvgIpc) is 2.79. The van der Waals surface area contributed by atoms with Gasteiger partial charge in [-0.15, -0.1) is 0 Å². The Balaban J connectivity index is 1.41. The van der Waals surface area contributed by atoms with Crippen molar-refractivity contribution in [3.63, 3.8) is 0 Å². The highest BCUT2D eigenvalue weighted by molar-refractivity contribution is 6.33. The molecule has 0 unspecified atom stereocenters. The fourth-order valence-corrected chi connectivity index (χ4v) is 3.58. The van der Waals surface area contributed by atoms with Crippen LogP contribution in [0.3, 0.4) is 0 Å². The van der Waals surface area contributed by atoms with Gasteiger partial charge in [0, 0.05) is 6.42 Å². The molecule has 0 aromatic heterocycles. The zero-order valence-corrected chi connectivity index (χ0v) is 17.4. The number of hydrogen-bond donors (Lipinski definition) is 1. The fraction of sp³-hybridized carbons (Fsp3) is 0.125. The van der Waals surface area contributed by atoms with E-state index >= 15 is 0 Å². The molecular formula is C24H17ClFNO5. The first kappa shape index (κ1) is 21.5. The third-order valence-electron chi connectivity index (χ3n) is 4.93. The number of carbonyl (C=O) groups excluding carboxylic acids is 3. The molecule has 32 heavy (non-hydrogen) atoms. The standard InChI is InChI=1S/C24H17ClFNO5/c25-19-12-17(26)7-9-20(19)27-22(28)13-31-23(29)15-6-8-18-16(10-15)11-21(32-24(18)30)14-4-2-1-3-5-14/h1-10,12,21H,11,13H2,(H,27,28)/t21-/m1/s1. The molecule has 0 spiro atoms. The number of nitrogens with one attached hydrogen (secondary N) is 1. The number of ether oxygens (including phenoxy) is 2. The van der Waals surface area contributed by atoms with E-state index in [1.807, 2.05) is 30.3 Å². The van der Waals surface area contributed by atoms with Gasteiger partial charge < -0.3 is 14.8 Å². The van der Waals surface area contributed by atoms with Crippen LogP contribution in [0.25, 0.3) is 0 Å². The number of cyclic esters (lactones) is 1. The Morgan fingerprint density at radius 3 is 2.62 bits per heavy atom. The highest BCUT2D eigenvalue weighted by atomic mass is 35.5. The Hall–Kier alpha value is -3.71. The van der Waals surface area contributed by atoms with Gasteiger partial charge in [-0.05, 0) is 47.5 Å². The van der Waals surface area contributed by atoms with E-state index in [0.29, 0.717) is 17.5 Å². The summed E-state index contributed by atoms with van der Waals surface area (Å²) < 4.78 is 23.7. The molecule has 1 heterocycles. The van der Waals surface area contributed by atoms with Gasteiger partial charge >= 0.3 is 11.9 Å². The molecule has 1 atom stereocenters. The van der Waals surface area contributed by atoms with E-state index in [2.05, 4.69) is 5.32 Å². The second-order valence-electron chi connectivity index (χ2n) is 7.13. The van der Waals surface area contributed by atoms with Crippen LogP contribution in [-0.2, 0) is 20.7 Å². The van der Waals surface area contributed by atoms with Crippen LogP contribution in [0.4, 0.5) is 10.1 Å². The minimum absolute atomic E-state index is 0.0271. The zero-order valence-electron chi connectivity index (χ0n) is 16.6. The SMILES string of the molecule is O=C(COC(=O)c1ccc2c(c1)C[C@H](c1ccccc1)OC2=O)Nc1ccc(F)cc1Cl. The van der Waals surface area contributed by atoms with Crippen molar-refractivity contribution in [2.75, 3.05) is 11.9 Å². The lowest BCUT2D eigenvalue weighted by Gasteiger charge is -2.25. The van der Waals surface area contributed by atoms with Crippen LogP contribution in [0.1, 0.15) is 37.9 Å². The van der Waals surface area contributed by atoms with Crippen molar-refractivity contribution in [3.8, 4) is 0 Å². The summed E-state index contributed by atoms with van der Waals surface area (Å²) in [6.45, 7) is -0.557. The number of fused-ring (bicyclic) bond motifs is 1. The number of rotatable bonds is 5. The first-order valence-electron chi connectivity index (χ1n) is 9.71. The molecule has 4 rings (SSSR count). The summed E-state index contributed by atoms with van der Waals surface area (Å²) in [4.78, 5) is 36.9. The van der Waals surface area contributed by atoms with Gasteiger partial charge in [0.05, 0.1) is 21.8 Å². The topological polar surface area (TPSA) is 81.7 Å². The number of carbonyl (C=O) groups is 3. The summed E-state index contributed by atoms with van der Waals surface area (Å²) in [5.74, 6) is -2.35. The van der Waals surface area contributed by atoms with Crippen LogP contribution < -0.4 is 5.32 Å². The molecule has 1 amide bonds. The largest absolute Gasteiger partial charge is 0.454 e. The van der Waals surface area contributed by atoms with Crippen molar-refractivity contribution < 1.29 is 28.2 Å². The van der Waals surface area contributed by atoms with Gasteiger partial charge in [-0.25, -0.2) is 14.0 Å². The monoisotopic (exact) mass is 453 g/mol. The first-order valence-corrected chi connectivity index (χ1v) is 10.1. The number of hydrogen-bond acceptors (Lipinski definition) is 5. The van der Waals surface area contributed by atoms with Gasteiger partial charge in [-0.3, -0.25) is 4.79 Å². The van der Waals surface area contributed by atoms with Gasteiger partial charge in [-0.1, -0.05) is 41.9 Å². The molecule has 0 bridgehead atoms. The van der Waals surface area contributed by atoms with Crippen LogP contribution >= 0.6 is 11.6 Å². The van der Waals surface area contributed by atoms with E-state index in [9.17, 15) is 18.8 Å². The maximum absolute atomic E-state index is 13.1.